The fraction of sp³-hybridized carbons (Fsp3) is 0.0909. The molecule has 4 nitrogen and oxygen atoms in total. The third-order valence-corrected chi connectivity index (χ3v) is 3.37. The van der Waals surface area contributed by atoms with Crippen molar-refractivity contribution in [1.82, 2.24) is 10.2 Å². The van der Waals surface area contributed by atoms with Crippen LogP contribution >= 0.6 is 11.8 Å². The lowest BCUT2D eigenvalue weighted by molar-refractivity contribution is 0.376. The first-order valence-electron chi connectivity index (χ1n) is 4.73. The van der Waals surface area contributed by atoms with Crippen LogP contribution in [-0.2, 0) is 0 Å². The van der Waals surface area contributed by atoms with Crippen molar-refractivity contribution in [3.63, 3.8) is 0 Å². The first kappa shape index (κ1) is 9.47. The number of methoxy groups -OCH3 is 1. The summed E-state index contributed by atoms with van der Waals surface area (Å²) >= 11 is 1.58. The van der Waals surface area contributed by atoms with Gasteiger partial charge in [0.15, 0.2) is 5.75 Å². The molecule has 0 bridgehead atoms. The van der Waals surface area contributed by atoms with Crippen LogP contribution in [0.4, 0.5) is 0 Å². The lowest BCUT2D eigenvalue weighted by atomic mass is 10.3. The van der Waals surface area contributed by atoms with Crippen molar-refractivity contribution in [2.24, 2.45) is 0 Å². The Bertz CT molecular complexity index is 545. The van der Waals surface area contributed by atoms with Crippen LogP contribution in [0.25, 0.3) is 0 Å². The topological polar surface area (TPSA) is 44.2 Å². The maximum atomic E-state index is 5.65. The second-order valence-electron chi connectivity index (χ2n) is 3.20. The second kappa shape index (κ2) is 3.68. The number of para-hydroxylation sites is 1. The van der Waals surface area contributed by atoms with Gasteiger partial charge in [-0.1, -0.05) is 23.9 Å². The van der Waals surface area contributed by atoms with Crippen molar-refractivity contribution < 1.29 is 9.47 Å². The van der Waals surface area contributed by atoms with Crippen molar-refractivity contribution in [2.75, 3.05) is 7.11 Å². The highest BCUT2D eigenvalue weighted by Gasteiger charge is 2.22. The number of hydrogen-bond acceptors (Lipinski definition) is 5. The van der Waals surface area contributed by atoms with Gasteiger partial charge in [-0.3, -0.25) is 0 Å². The summed E-state index contributed by atoms with van der Waals surface area (Å²) in [4.78, 5) is 1.93. The van der Waals surface area contributed by atoms with Gasteiger partial charge in [-0.2, -0.15) is 5.10 Å². The van der Waals surface area contributed by atoms with E-state index in [-0.39, 0.29) is 0 Å². The van der Waals surface area contributed by atoms with Gasteiger partial charge in [0, 0.05) is 0 Å². The normalized spacial score (nSPS) is 12.3. The van der Waals surface area contributed by atoms with Crippen LogP contribution in [0.2, 0.25) is 0 Å². The molecule has 1 aromatic heterocycles. The third-order valence-electron chi connectivity index (χ3n) is 2.23. The summed E-state index contributed by atoms with van der Waals surface area (Å²) in [5, 5.41) is 7.78. The first-order valence-corrected chi connectivity index (χ1v) is 5.54. The van der Waals surface area contributed by atoms with E-state index >= 15 is 0 Å². The molecule has 0 spiro atoms. The molecule has 0 amide bonds. The van der Waals surface area contributed by atoms with Crippen molar-refractivity contribution in [3.8, 4) is 17.4 Å². The quantitative estimate of drug-likeness (QED) is 0.645. The summed E-state index contributed by atoms with van der Waals surface area (Å²) in [5.74, 6) is 2.00. The zero-order valence-electron chi connectivity index (χ0n) is 8.51. The van der Waals surface area contributed by atoms with Crippen molar-refractivity contribution in [3.05, 3.63) is 30.5 Å². The van der Waals surface area contributed by atoms with Gasteiger partial charge < -0.3 is 9.47 Å². The van der Waals surface area contributed by atoms with E-state index in [0.717, 1.165) is 15.5 Å². The minimum Gasteiger partial charge on any atom is -0.494 e. The molecule has 1 aromatic carbocycles. The third kappa shape index (κ3) is 1.40. The van der Waals surface area contributed by atoms with Crippen LogP contribution in [0.3, 0.4) is 0 Å². The molecule has 0 fully saturated rings. The fourth-order valence-electron chi connectivity index (χ4n) is 1.48. The number of ether oxygens (including phenoxy) is 2. The summed E-state index contributed by atoms with van der Waals surface area (Å²) in [6.07, 6.45) is 1.59. The second-order valence-corrected chi connectivity index (χ2v) is 4.25. The summed E-state index contributed by atoms with van der Waals surface area (Å²) in [6.45, 7) is 0. The maximum Gasteiger partial charge on any atom is 0.256 e. The molecule has 2 heterocycles. The van der Waals surface area contributed by atoms with Gasteiger partial charge in [-0.25, -0.2) is 0 Å². The summed E-state index contributed by atoms with van der Waals surface area (Å²) in [5.41, 5.74) is 0. The summed E-state index contributed by atoms with van der Waals surface area (Å²) in [6, 6.07) is 7.81. The average Bonchev–Trinajstić information content (AvgIpc) is 2.35. The largest absolute Gasteiger partial charge is 0.494 e. The van der Waals surface area contributed by atoms with Gasteiger partial charge in [0.05, 0.1) is 18.2 Å². The number of benzene rings is 1. The van der Waals surface area contributed by atoms with Crippen LogP contribution in [0.5, 0.6) is 17.4 Å². The highest BCUT2D eigenvalue weighted by molar-refractivity contribution is 7.99. The van der Waals surface area contributed by atoms with Gasteiger partial charge in [-0.15, -0.1) is 5.10 Å². The van der Waals surface area contributed by atoms with E-state index in [1.807, 2.05) is 24.3 Å². The molecule has 0 N–H and O–H groups in total. The zero-order chi connectivity index (χ0) is 11.0. The van der Waals surface area contributed by atoms with Crippen LogP contribution < -0.4 is 9.47 Å². The molecule has 0 unspecified atom stereocenters. The van der Waals surface area contributed by atoms with E-state index in [4.69, 9.17) is 9.47 Å². The molecule has 1 aliphatic rings. The minimum atomic E-state index is 0.503. The van der Waals surface area contributed by atoms with E-state index in [9.17, 15) is 0 Å². The molecule has 16 heavy (non-hydrogen) atoms. The van der Waals surface area contributed by atoms with E-state index < -0.39 is 0 Å². The van der Waals surface area contributed by atoms with Gasteiger partial charge in [0.1, 0.15) is 10.6 Å². The molecule has 0 atom stereocenters. The van der Waals surface area contributed by atoms with Crippen molar-refractivity contribution in [2.45, 2.75) is 9.79 Å². The smallest absolute Gasteiger partial charge is 0.256 e. The summed E-state index contributed by atoms with van der Waals surface area (Å²) in [7, 11) is 1.61. The Labute approximate surface area is 96.6 Å². The number of nitrogens with zero attached hydrogens (tertiary/aromatic N) is 2. The number of aromatic nitrogens is 2. The maximum absolute atomic E-state index is 5.65. The lowest BCUT2D eigenvalue weighted by Gasteiger charge is -2.18. The average molecular weight is 232 g/mol. The zero-order valence-corrected chi connectivity index (χ0v) is 9.32. The summed E-state index contributed by atoms with van der Waals surface area (Å²) < 4.78 is 10.9. The lowest BCUT2D eigenvalue weighted by Crippen LogP contribution is -2.00. The standard InChI is InChI=1S/C11H8N2O2S/c1-14-8-6-12-13-11-10(8)16-9-5-3-2-4-7(9)15-11/h2-6H,1H3. The first-order chi connectivity index (χ1) is 7.88. The molecule has 80 valence electrons. The van der Waals surface area contributed by atoms with Gasteiger partial charge in [0.2, 0.25) is 0 Å². The number of hydrogen-bond donors (Lipinski definition) is 0. The number of rotatable bonds is 1. The van der Waals surface area contributed by atoms with Crippen LogP contribution in [0, 0.1) is 0 Å². The van der Waals surface area contributed by atoms with E-state index in [2.05, 4.69) is 10.2 Å². The van der Waals surface area contributed by atoms with Crippen LogP contribution in [0.1, 0.15) is 0 Å². The Morgan fingerprint density at radius 2 is 2.19 bits per heavy atom. The Balaban J connectivity index is 2.12. The monoisotopic (exact) mass is 232 g/mol. The van der Waals surface area contributed by atoms with E-state index in [1.165, 1.54) is 0 Å². The predicted octanol–water partition coefficient (Wildman–Crippen LogP) is 2.74. The van der Waals surface area contributed by atoms with Crippen LogP contribution in [0.15, 0.2) is 40.3 Å². The molecule has 0 saturated heterocycles. The molecular formula is C11H8N2O2S. The Hall–Kier alpha value is -1.75. The molecule has 3 rings (SSSR count). The van der Waals surface area contributed by atoms with Crippen molar-refractivity contribution in [1.29, 1.82) is 0 Å². The Morgan fingerprint density at radius 1 is 1.31 bits per heavy atom. The van der Waals surface area contributed by atoms with Gasteiger partial charge in [-0.05, 0) is 12.1 Å². The molecule has 5 heteroatoms. The van der Waals surface area contributed by atoms with E-state index in [0.29, 0.717) is 11.6 Å². The molecular weight excluding hydrogens is 224 g/mol. The van der Waals surface area contributed by atoms with Crippen LogP contribution in [-0.4, -0.2) is 17.3 Å². The fourth-order valence-corrected chi connectivity index (χ4v) is 2.47. The highest BCUT2D eigenvalue weighted by atomic mass is 32.2. The van der Waals surface area contributed by atoms with Gasteiger partial charge in [0.25, 0.3) is 5.88 Å². The Kier molecular flexibility index (Phi) is 2.18. The molecule has 1 aliphatic heterocycles. The van der Waals surface area contributed by atoms with E-state index in [1.54, 1.807) is 25.1 Å². The Morgan fingerprint density at radius 3 is 3.06 bits per heavy atom. The highest BCUT2D eigenvalue weighted by Crippen LogP contribution is 2.48. The van der Waals surface area contributed by atoms with Gasteiger partial charge >= 0.3 is 0 Å². The SMILES string of the molecule is COc1cnnc2c1Sc1ccccc1O2. The molecule has 0 radical (unpaired) electrons. The predicted molar refractivity (Wildman–Crippen MR) is 59.2 cm³/mol. The molecule has 0 aliphatic carbocycles. The number of fused-ring (bicyclic) bond motifs is 2. The minimum absolute atomic E-state index is 0.503. The molecule has 2 aromatic rings. The van der Waals surface area contributed by atoms with Crippen molar-refractivity contribution >= 4 is 11.8 Å². The molecule has 0 saturated carbocycles.